The van der Waals surface area contributed by atoms with Gasteiger partial charge in [0.2, 0.25) is 0 Å². The molecule has 2 amide bonds. The van der Waals surface area contributed by atoms with Gasteiger partial charge in [-0.15, -0.1) is 0 Å². The van der Waals surface area contributed by atoms with Crippen LogP contribution in [0, 0.1) is 6.92 Å². The van der Waals surface area contributed by atoms with Gasteiger partial charge in [-0.3, -0.25) is 0 Å². The van der Waals surface area contributed by atoms with Crippen molar-refractivity contribution in [3.05, 3.63) is 29.3 Å². The molecule has 1 aromatic carbocycles. The zero-order valence-corrected chi connectivity index (χ0v) is 12.2. The van der Waals surface area contributed by atoms with Gasteiger partial charge in [0.1, 0.15) is 0 Å². The van der Waals surface area contributed by atoms with Gasteiger partial charge in [-0.05, 0) is 31.9 Å². The SMILES string of the molecule is CCCCC(C)NC(=O)Nc1c(C)cccc1C(=O)O. The van der Waals surface area contributed by atoms with E-state index in [0.29, 0.717) is 5.69 Å². The number of carboxylic acid groups (broad SMARTS) is 1. The molecule has 0 bridgehead atoms. The molecule has 110 valence electrons. The minimum atomic E-state index is -1.05. The first-order chi connectivity index (χ1) is 9.45. The van der Waals surface area contributed by atoms with Gasteiger partial charge in [0.05, 0.1) is 11.3 Å². The monoisotopic (exact) mass is 278 g/mol. The number of carbonyl (C=O) groups is 2. The van der Waals surface area contributed by atoms with E-state index in [4.69, 9.17) is 5.11 Å². The Hall–Kier alpha value is -2.04. The molecule has 0 aliphatic rings. The number of hydrogen-bond donors (Lipinski definition) is 3. The summed E-state index contributed by atoms with van der Waals surface area (Å²) in [6.45, 7) is 5.80. The molecule has 0 aliphatic heterocycles. The van der Waals surface area contributed by atoms with Crippen LogP contribution in [0.25, 0.3) is 0 Å². The molecule has 0 saturated carbocycles. The number of nitrogens with one attached hydrogen (secondary N) is 2. The number of urea groups is 1. The second kappa shape index (κ2) is 7.53. The number of aryl methyl sites for hydroxylation is 1. The summed E-state index contributed by atoms with van der Waals surface area (Å²) >= 11 is 0. The number of para-hydroxylation sites is 1. The number of anilines is 1. The summed E-state index contributed by atoms with van der Waals surface area (Å²) in [4.78, 5) is 23.0. The van der Waals surface area contributed by atoms with Gasteiger partial charge in [0, 0.05) is 6.04 Å². The molecule has 3 N–H and O–H groups in total. The number of hydrogen-bond acceptors (Lipinski definition) is 2. The Morgan fingerprint density at radius 3 is 2.65 bits per heavy atom. The van der Waals surface area contributed by atoms with Gasteiger partial charge in [-0.2, -0.15) is 0 Å². The highest BCUT2D eigenvalue weighted by Crippen LogP contribution is 2.20. The molecular formula is C15H22N2O3. The van der Waals surface area contributed by atoms with Crippen molar-refractivity contribution in [2.75, 3.05) is 5.32 Å². The third kappa shape index (κ3) is 4.57. The molecule has 5 heteroatoms. The smallest absolute Gasteiger partial charge is 0.337 e. The Kier molecular flexibility index (Phi) is 6.03. The van der Waals surface area contributed by atoms with Crippen LogP contribution >= 0.6 is 0 Å². The molecule has 0 radical (unpaired) electrons. The average molecular weight is 278 g/mol. The topological polar surface area (TPSA) is 78.4 Å². The maximum absolute atomic E-state index is 11.9. The van der Waals surface area contributed by atoms with E-state index >= 15 is 0 Å². The van der Waals surface area contributed by atoms with Gasteiger partial charge in [-0.25, -0.2) is 9.59 Å². The Morgan fingerprint density at radius 2 is 2.05 bits per heavy atom. The Balaban J connectivity index is 2.73. The lowest BCUT2D eigenvalue weighted by molar-refractivity contribution is 0.0698. The Labute approximate surface area is 119 Å². The van der Waals surface area contributed by atoms with Gasteiger partial charge in [-0.1, -0.05) is 31.9 Å². The zero-order valence-electron chi connectivity index (χ0n) is 12.2. The third-order valence-corrected chi connectivity index (χ3v) is 3.11. The number of aromatic carboxylic acids is 1. The highest BCUT2D eigenvalue weighted by Gasteiger charge is 2.15. The normalized spacial score (nSPS) is 11.8. The standard InChI is InChI=1S/C15H22N2O3/c1-4-5-8-11(3)16-15(20)17-13-10(2)7-6-9-12(13)14(18)19/h6-7,9,11H,4-5,8H2,1-3H3,(H,18,19)(H2,16,17,20). The second-order valence-electron chi connectivity index (χ2n) is 4.94. The maximum atomic E-state index is 11.9. The molecule has 20 heavy (non-hydrogen) atoms. The molecule has 1 unspecified atom stereocenters. The molecule has 0 saturated heterocycles. The van der Waals surface area contributed by atoms with Crippen molar-refractivity contribution in [1.29, 1.82) is 0 Å². The van der Waals surface area contributed by atoms with E-state index in [2.05, 4.69) is 17.6 Å². The Morgan fingerprint density at radius 1 is 1.35 bits per heavy atom. The van der Waals surface area contributed by atoms with Crippen LogP contribution in [0.15, 0.2) is 18.2 Å². The predicted molar refractivity (Wildman–Crippen MR) is 79.3 cm³/mol. The van der Waals surface area contributed by atoms with Crippen LogP contribution in [0.3, 0.4) is 0 Å². The first kappa shape index (κ1) is 16.0. The van der Waals surface area contributed by atoms with Crippen molar-refractivity contribution in [3.8, 4) is 0 Å². The molecule has 0 fully saturated rings. The molecule has 0 aliphatic carbocycles. The van der Waals surface area contributed by atoms with E-state index in [1.165, 1.54) is 6.07 Å². The van der Waals surface area contributed by atoms with E-state index in [1.807, 2.05) is 6.92 Å². The minimum Gasteiger partial charge on any atom is -0.478 e. The summed E-state index contributed by atoms with van der Waals surface area (Å²) in [6.07, 6.45) is 3.03. The minimum absolute atomic E-state index is 0.0623. The van der Waals surface area contributed by atoms with Gasteiger partial charge in [0.15, 0.2) is 0 Å². The summed E-state index contributed by atoms with van der Waals surface area (Å²) in [5.41, 5.74) is 1.17. The summed E-state index contributed by atoms with van der Waals surface area (Å²) in [6, 6.07) is 4.59. The number of unbranched alkanes of at least 4 members (excludes halogenated alkanes) is 1. The highest BCUT2D eigenvalue weighted by molar-refractivity contribution is 6.01. The van der Waals surface area contributed by atoms with Gasteiger partial charge < -0.3 is 15.7 Å². The molecule has 1 aromatic rings. The second-order valence-corrected chi connectivity index (χ2v) is 4.94. The van der Waals surface area contributed by atoms with E-state index < -0.39 is 5.97 Å². The fourth-order valence-electron chi connectivity index (χ4n) is 1.97. The van der Waals surface area contributed by atoms with Crippen molar-refractivity contribution in [2.24, 2.45) is 0 Å². The van der Waals surface area contributed by atoms with Crippen LogP contribution in [-0.2, 0) is 0 Å². The van der Waals surface area contributed by atoms with Crippen LogP contribution in [0.2, 0.25) is 0 Å². The number of amides is 2. The molecule has 1 rings (SSSR count). The predicted octanol–water partition coefficient (Wildman–Crippen LogP) is 3.39. The number of carboxylic acids is 1. The zero-order chi connectivity index (χ0) is 15.1. The molecule has 1 atom stereocenters. The average Bonchev–Trinajstić information content (AvgIpc) is 2.38. The number of rotatable bonds is 6. The van der Waals surface area contributed by atoms with Crippen molar-refractivity contribution in [2.45, 2.75) is 46.1 Å². The van der Waals surface area contributed by atoms with Crippen molar-refractivity contribution < 1.29 is 14.7 Å². The van der Waals surface area contributed by atoms with Crippen molar-refractivity contribution in [1.82, 2.24) is 5.32 Å². The van der Waals surface area contributed by atoms with E-state index in [1.54, 1.807) is 19.1 Å². The van der Waals surface area contributed by atoms with E-state index in [-0.39, 0.29) is 17.6 Å². The highest BCUT2D eigenvalue weighted by atomic mass is 16.4. The third-order valence-electron chi connectivity index (χ3n) is 3.11. The molecule has 5 nitrogen and oxygen atoms in total. The largest absolute Gasteiger partial charge is 0.478 e. The van der Waals surface area contributed by atoms with Gasteiger partial charge >= 0.3 is 12.0 Å². The summed E-state index contributed by atoms with van der Waals surface area (Å²) in [7, 11) is 0. The first-order valence-electron chi connectivity index (χ1n) is 6.86. The quantitative estimate of drug-likeness (QED) is 0.746. The number of benzene rings is 1. The van der Waals surface area contributed by atoms with E-state index in [0.717, 1.165) is 24.8 Å². The summed E-state index contributed by atoms with van der Waals surface area (Å²) in [5.74, 6) is -1.05. The summed E-state index contributed by atoms with van der Waals surface area (Å²) < 4.78 is 0. The number of carbonyl (C=O) groups excluding carboxylic acids is 1. The fraction of sp³-hybridized carbons (Fsp3) is 0.467. The van der Waals surface area contributed by atoms with Crippen molar-refractivity contribution in [3.63, 3.8) is 0 Å². The van der Waals surface area contributed by atoms with Crippen LogP contribution in [0.1, 0.15) is 49.0 Å². The van der Waals surface area contributed by atoms with E-state index in [9.17, 15) is 9.59 Å². The Bertz CT molecular complexity index is 486. The lowest BCUT2D eigenvalue weighted by Gasteiger charge is -2.16. The lowest BCUT2D eigenvalue weighted by Crippen LogP contribution is -2.36. The van der Waals surface area contributed by atoms with Crippen LogP contribution in [0.5, 0.6) is 0 Å². The van der Waals surface area contributed by atoms with Crippen LogP contribution < -0.4 is 10.6 Å². The molecule has 0 spiro atoms. The maximum Gasteiger partial charge on any atom is 0.337 e. The van der Waals surface area contributed by atoms with Crippen molar-refractivity contribution >= 4 is 17.7 Å². The van der Waals surface area contributed by atoms with Crippen LogP contribution in [-0.4, -0.2) is 23.1 Å². The van der Waals surface area contributed by atoms with Crippen LogP contribution in [0.4, 0.5) is 10.5 Å². The van der Waals surface area contributed by atoms with Gasteiger partial charge in [0.25, 0.3) is 0 Å². The summed E-state index contributed by atoms with van der Waals surface area (Å²) in [5, 5.41) is 14.6. The lowest BCUT2D eigenvalue weighted by atomic mass is 10.1. The molecular weight excluding hydrogens is 256 g/mol. The molecule has 0 heterocycles. The first-order valence-corrected chi connectivity index (χ1v) is 6.86. The fourth-order valence-corrected chi connectivity index (χ4v) is 1.97. The molecule has 0 aromatic heterocycles.